The Balaban J connectivity index is 2.10. The first kappa shape index (κ1) is 14.4. The largest absolute Gasteiger partial charge is 0.490 e. The lowest BCUT2D eigenvalue weighted by atomic mass is 9.88. The lowest BCUT2D eigenvalue weighted by Crippen LogP contribution is -2.29. The number of nitrogens with one attached hydrogen (secondary N) is 1. The minimum Gasteiger partial charge on any atom is -0.490 e. The van der Waals surface area contributed by atoms with Gasteiger partial charge in [0.15, 0.2) is 0 Å². The fourth-order valence-corrected chi connectivity index (χ4v) is 2.98. The molecule has 0 saturated heterocycles. The van der Waals surface area contributed by atoms with E-state index in [-0.39, 0.29) is 0 Å². The van der Waals surface area contributed by atoms with Crippen LogP contribution in [0.4, 0.5) is 0 Å². The fraction of sp³-hybridized carbons (Fsp3) is 0.647. The van der Waals surface area contributed by atoms with Gasteiger partial charge in [0.05, 0.1) is 0 Å². The van der Waals surface area contributed by atoms with Crippen LogP contribution in [0.2, 0.25) is 0 Å². The van der Waals surface area contributed by atoms with Gasteiger partial charge in [-0.25, -0.2) is 0 Å². The SMILES string of the molecule is CCNC(C)c1ccccc1OC1CCCCC1C. The quantitative estimate of drug-likeness (QED) is 0.852. The summed E-state index contributed by atoms with van der Waals surface area (Å²) in [6.07, 6.45) is 5.56. The molecule has 2 heteroatoms. The van der Waals surface area contributed by atoms with Crippen LogP contribution in [0, 0.1) is 5.92 Å². The maximum absolute atomic E-state index is 6.33. The molecule has 0 heterocycles. The summed E-state index contributed by atoms with van der Waals surface area (Å²) >= 11 is 0. The maximum atomic E-state index is 6.33. The Hall–Kier alpha value is -1.02. The number of hydrogen-bond acceptors (Lipinski definition) is 2. The standard InChI is InChI=1S/C17H27NO/c1-4-18-14(3)15-10-6-8-12-17(15)19-16-11-7-5-9-13(16)2/h6,8,10,12-14,16,18H,4-5,7,9,11H2,1-3H3. The minimum absolute atomic E-state index is 0.347. The van der Waals surface area contributed by atoms with E-state index < -0.39 is 0 Å². The molecular weight excluding hydrogens is 234 g/mol. The number of rotatable bonds is 5. The van der Waals surface area contributed by atoms with Crippen molar-refractivity contribution in [3.05, 3.63) is 29.8 Å². The van der Waals surface area contributed by atoms with Gasteiger partial charge < -0.3 is 10.1 Å². The van der Waals surface area contributed by atoms with E-state index in [1.165, 1.54) is 31.2 Å². The molecule has 0 amide bonds. The third kappa shape index (κ3) is 3.73. The number of ether oxygens (including phenoxy) is 1. The van der Waals surface area contributed by atoms with Gasteiger partial charge in [-0.1, -0.05) is 38.5 Å². The molecule has 2 nitrogen and oxygen atoms in total. The van der Waals surface area contributed by atoms with E-state index >= 15 is 0 Å². The summed E-state index contributed by atoms with van der Waals surface area (Å²) in [4.78, 5) is 0. The van der Waals surface area contributed by atoms with Crippen LogP contribution in [0.5, 0.6) is 5.75 Å². The van der Waals surface area contributed by atoms with Crippen LogP contribution in [0.3, 0.4) is 0 Å². The van der Waals surface area contributed by atoms with E-state index in [1.807, 2.05) is 0 Å². The molecule has 0 aliphatic heterocycles. The van der Waals surface area contributed by atoms with Gasteiger partial charge in [-0.15, -0.1) is 0 Å². The molecule has 0 aromatic heterocycles. The maximum Gasteiger partial charge on any atom is 0.124 e. The van der Waals surface area contributed by atoms with Gasteiger partial charge in [0.2, 0.25) is 0 Å². The van der Waals surface area contributed by atoms with Crippen LogP contribution >= 0.6 is 0 Å². The van der Waals surface area contributed by atoms with Crippen LogP contribution in [-0.2, 0) is 0 Å². The Kier molecular flexibility index (Phi) is 5.26. The number of para-hydroxylation sites is 1. The molecule has 3 atom stereocenters. The molecule has 0 bridgehead atoms. The molecular formula is C17H27NO. The Labute approximate surface area is 117 Å². The van der Waals surface area contributed by atoms with Gasteiger partial charge in [-0.2, -0.15) is 0 Å². The van der Waals surface area contributed by atoms with Crippen LogP contribution in [0.1, 0.15) is 58.1 Å². The van der Waals surface area contributed by atoms with Crippen molar-refractivity contribution in [2.45, 2.75) is 58.6 Å². The fourth-order valence-electron chi connectivity index (χ4n) is 2.98. The second-order valence-corrected chi connectivity index (χ2v) is 5.74. The van der Waals surface area contributed by atoms with Crippen LogP contribution in [0.15, 0.2) is 24.3 Å². The molecule has 2 rings (SSSR count). The first-order chi connectivity index (χ1) is 9.22. The minimum atomic E-state index is 0.347. The molecule has 1 aliphatic rings. The zero-order valence-electron chi connectivity index (χ0n) is 12.5. The Morgan fingerprint density at radius 1 is 1.26 bits per heavy atom. The predicted molar refractivity (Wildman–Crippen MR) is 80.6 cm³/mol. The third-order valence-corrected chi connectivity index (χ3v) is 4.21. The van der Waals surface area contributed by atoms with Gasteiger partial charge in [0, 0.05) is 11.6 Å². The van der Waals surface area contributed by atoms with Crippen molar-refractivity contribution < 1.29 is 4.74 Å². The summed E-state index contributed by atoms with van der Waals surface area (Å²) in [6.45, 7) is 7.65. The highest BCUT2D eigenvalue weighted by atomic mass is 16.5. The summed E-state index contributed by atoms with van der Waals surface area (Å²) in [6, 6.07) is 8.81. The smallest absolute Gasteiger partial charge is 0.124 e. The molecule has 1 aliphatic carbocycles. The van der Waals surface area contributed by atoms with Crippen molar-refractivity contribution >= 4 is 0 Å². The molecule has 1 aromatic carbocycles. The zero-order valence-corrected chi connectivity index (χ0v) is 12.5. The van der Waals surface area contributed by atoms with E-state index in [9.17, 15) is 0 Å². The second-order valence-electron chi connectivity index (χ2n) is 5.74. The Bertz CT molecular complexity index is 391. The van der Waals surface area contributed by atoms with Crippen LogP contribution in [0.25, 0.3) is 0 Å². The molecule has 1 fully saturated rings. The number of hydrogen-bond donors (Lipinski definition) is 1. The normalized spacial score (nSPS) is 25.0. The van der Waals surface area contributed by atoms with Crippen molar-refractivity contribution in [1.29, 1.82) is 0 Å². The molecule has 0 radical (unpaired) electrons. The van der Waals surface area contributed by atoms with Crippen LogP contribution < -0.4 is 10.1 Å². The average molecular weight is 261 g/mol. The highest BCUT2D eigenvalue weighted by Gasteiger charge is 2.24. The molecule has 1 N–H and O–H groups in total. The predicted octanol–water partition coefficient (Wildman–Crippen LogP) is 4.31. The van der Waals surface area contributed by atoms with Gasteiger partial charge >= 0.3 is 0 Å². The van der Waals surface area contributed by atoms with Gasteiger partial charge in [-0.3, -0.25) is 0 Å². The van der Waals surface area contributed by atoms with Gasteiger partial charge in [0.25, 0.3) is 0 Å². The zero-order chi connectivity index (χ0) is 13.7. The third-order valence-electron chi connectivity index (χ3n) is 4.21. The molecule has 1 saturated carbocycles. The molecule has 106 valence electrons. The topological polar surface area (TPSA) is 21.3 Å². The monoisotopic (exact) mass is 261 g/mol. The lowest BCUT2D eigenvalue weighted by Gasteiger charge is -2.30. The highest BCUT2D eigenvalue weighted by Crippen LogP contribution is 2.31. The average Bonchev–Trinajstić information content (AvgIpc) is 2.42. The lowest BCUT2D eigenvalue weighted by molar-refractivity contribution is 0.101. The summed E-state index contributed by atoms with van der Waals surface area (Å²) in [7, 11) is 0. The molecule has 19 heavy (non-hydrogen) atoms. The van der Waals surface area contributed by atoms with Crippen molar-refractivity contribution in [3.8, 4) is 5.75 Å². The molecule has 1 aromatic rings. The van der Waals surface area contributed by atoms with Crippen molar-refractivity contribution in [3.63, 3.8) is 0 Å². The summed E-state index contributed by atoms with van der Waals surface area (Å²) in [5, 5.41) is 3.47. The van der Waals surface area contributed by atoms with E-state index in [2.05, 4.69) is 50.4 Å². The first-order valence-corrected chi connectivity index (χ1v) is 7.71. The second kappa shape index (κ2) is 6.95. The van der Waals surface area contributed by atoms with Gasteiger partial charge in [-0.05, 0) is 44.7 Å². The first-order valence-electron chi connectivity index (χ1n) is 7.71. The van der Waals surface area contributed by atoms with E-state index in [1.54, 1.807) is 0 Å². The van der Waals surface area contributed by atoms with Crippen molar-refractivity contribution in [1.82, 2.24) is 5.32 Å². The Morgan fingerprint density at radius 2 is 2.00 bits per heavy atom. The van der Waals surface area contributed by atoms with Crippen LogP contribution in [-0.4, -0.2) is 12.6 Å². The van der Waals surface area contributed by atoms with Crippen molar-refractivity contribution in [2.24, 2.45) is 5.92 Å². The van der Waals surface area contributed by atoms with Crippen molar-refractivity contribution in [2.75, 3.05) is 6.54 Å². The van der Waals surface area contributed by atoms with E-state index in [0.717, 1.165) is 12.3 Å². The highest BCUT2D eigenvalue weighted by molar-refractivity contribution is 5.35. The molecule has 0 spiro atoms. The summed E-state index contributed by atoms with van der Waals surface area (Å²) in [5.74, 6) is 1.74. The van der Waals surface area contributed by atoms with E-state index in [0.29, 0.717) is 18.1 Å². The Morgan fingerprint density at radius 3 is 2.74 bits per heavy atom. The molecule has 3 unspecified atom stereocenters. The number of benzene rings is 1. The van der Waals surface area contributed by atoms with Gasteiger partial charge in [0.1, 0.15) is 11.9 Å². The summed E-state index contributed by atoms with van der Waals surface area (Å²) in [5.41, 5.74) is 1.28. The van der Waals surface area contributed by atoms with E-state index in [4.69, 9.17) is 4.74 Å². The summed E-state index contributed by atoms with van der Waals surface area (Å²) < 4.78 is 6.33.